The molecule has 0 radical (unpaired) electrons. The van der Waals surface area contributed by atoms with Crippen LogP contribution in [0.2, 0.25) is 0 Å². The maximum absolute atomic E-state index is 13.4. The number of halogens is 3. The molecule has 2 fully saturated rings. The van der Waals surface area contributed by atoms with Crippen molar-refractivity contribution in [2.75, 3.05) is 18.6 Å². The molecule has 2 aliphatic carbocycles. The van der Waals surface area contributed by atoms with E-state index in [4.69, 9.17) is 9.57 Å². The smallest absolute Gasteiger partial charge is 0.416 e. The molecule has 0 spiro atoms. The van der Waals surface area contributed by atoms with E-state index in [0.717, 1.165) is 31.4 Å². The molecule has 0 N–H and O–H groups in total. The number of benzene rings is 1. The average molecular weight is 606 g/mol. The van der Waals surface area contributed by atoms with Crippen molar-refractivity contribution >= 4 is 22.3 Å². The van der Waals surface area contributed by atoms with Gasteiger partial charge in [0.2, 0.25) is 5.88 Å². The average Bonchev–Trinajstić information content (AvgIpc) is 3.82. The van der Waals surface area contributed by atoms with Crippen molar-refractivity contribution in [2.45, 2.75) is 67.2 Å². The molecule has 42 heavy (non-hydrogen) atoms. The summed E-state index contributed by atoms with van der Waals surface area (Å²) in [5, 5.41) is 0. The number of carbonyl (C=O) groups excluding carboxylic acids is 1. The largest absolute Gasteiger partial charge is 0.472 e. The topological polar surface area (TPSA) is 115 Å². The van der Waals surface area contributed by atoms with Crippen molar-refractivity contribution in [1.82, 2.24) is 19.9 Å². The highest BCUT2D eigenvalue weighted by molar-refractivity contribution is 7.92. The van der Waals surface area contributed by atoms with E-state index >= 15 is 0 Å². The molecule has 0 bridgehead atoms. The predicted molar refractivity (Wildman–Crippen MR) is 145 cm³/mol. The van der Waals surface area contributed by atoms with Crippen molar-refractivity contribution in [3.8, 4) is 5.88 Å². The highest BCUT2D eigenvalue weighted by Gasteiger charge is 2.38. The summed E-state index contributed by atoms with van der Waals surface area (Å²) in [7, 11) is -0.591. The quantitative estimate of drug-likeness (QED) is 0.240. The Labute approximate surface area is 241 Å². The number of nitrogens with zero attached hydrogens (tertiary/aromatic N) is 5. The van der Waals surface area contributed by atoms with Crippen LogP contribution in [-0.2, 0) is 25.8 Å². The third-order valence-electron chi connectivity index (χ3n) is 7.65. The van der Waals surface area contributed by atoms with Crippen LogP contribution in [0, 0.1) is 0 Å². The van der Waals surface area contributed by atoms with Crippen molar-refractivity contribution in [3.05, 3.63) is 71.8 Å². The van der Waals surface area contributed by atoms with Gasteiger partial charge in [-0.05, 0) is 75.7 Å². The van der Waals surface area contributed by atoms with E-state index in [2.05, 4.69) is 15.0 Å². The second kappa shape index (κ2) is 11.8. The van der Waals surface area contributed by atoms with E-state index in [1.54, 1.807) is 6.07 Å². The van der Waals surface area contributed by atoms with E-state index < -0.39 is 21.8 Å². The second-order valence-corrected chi connectivity index (χ2v) is 12.4. The van der Waals surface area contributed by atoms with E-state index in [0.29, 0.717) is 40.7 Å². The monoisotopic (exact) mass is 605 g/mol. The zero-order valence-electron chi connectivity index (χ0n) is 22.9. The van der Waals surface area contributed by atoms with Gasteiger partial charge in [-0.1, -0.05) is 22.7 Å². The fourth-order valence-electron chi connectivity index (χ4n) is 5.35. The molecule has 2 aliphatic rings. The number of aromatic nitrogens is 3. The lowest BCUT2D eigenvalue weighted by atomic mass is 9.79. The molecule has 14 heteroatoms. The van der Waals surface area contributed by atoms with Crippen LogP contribution in [0.15, 0.2) is 60.0 Å². The number of alkyl halides is 3. The molecule has 0 unspecified atom stereocenters. The van der Waals surface area contributed by atoms with E-state index in [9.17, 15) is 26.4 Å². The highest BCUT2D eigenvalue weighted by atomic mass is 32.2. The Morgan fingerprint density at radius 1 is 1.02 bits per heavy atom. The number of carbonyl (C=O) groups is 1. The molecule has 2 heterocycles. The van der Waals surface area contributed by atoms with Crippen LogP contribution in [0.5, 0.6) is 5.88 Å². The van der Waals surface area contributed by atoms with Gasteiger partial charge in [-0.15, -0.1) is 0 Å². The first-order chi connectivity index (χ1) is 20.0. The molecule has 224 valence electrons. The molecule has 0 saturated heterocycles. The van der Waals surface area contributed by atoms with Gasteiger partial charge in [-0.25, -0.2) is 15.0 Å². The standard InChI is InChI=1S/C28H30F3N5O5S/c1-35(2)24-13-20(19-4-3-5-21(12-19)28(29,30)31)8-9-25(24)41-27-23(18-6-7-18)14-22(15-33-27)42(38,39)36(40-17-37)26-10-11-32-16-34-26/h3-5,10-12,14-18,20,24-25H,6-9,13H2,1-2H3/t20-,24-,25-/m0/s1. The molecule has 5 rings (SSSR count). The Bertz CT molecular complexity index is 1520. The minimum atomic E-state index is -4.41. The van der Waals surface area contributed by atoms with Gasteiger partial charge >= 0.3 is 12.6 Å². The van der Waals surface area contributed by atoms with Crippen molar-refractivity contribution in [2.24, 2.45) is 0 Å². The first kappa shape index (κ1) is 29.7. The Kier molecular flexibility index (Phi) is 8.37. The maximum atomic E-state index is 13.4. The van der Waals surface area contributed by atoms with Gasteiger partial charge in [-0.3, -0.25) is 4.79 Å². The summed E-state index contributed by atoms with van der Waals surface area (Å²) < 4.78 is 73.7. The van der Waals surface area contributed by atoms with Crippen molar-refractivity contribution < 1.29 is 36.0 Å². The molecule has 0 amide bonds. The van der Waals surface area contributed by atoms with Crippen LogP contribution in [0.1, 0.15) is 60.6 Å². The third kappa shape index (κ3) is 6.33. The molecular formula is C28H30F3N5O5S. The summed E-state index contributed by atoms with van der Waals surface area (Å²) in [5.74, 6) is 0.141. The zero-order chi connectivity index (χ0) is 30.1. The Morgan fingerprint density at radius 2 is 1.79 bits per heavy atom. The summed E-state index contributed by atoms with van der Waals surface area (Å²) in [5.41, 5.74) is 0.611. The van der Waals surface area contributed by atoms with E-state index in [1.165, 1.54) is 30.5 Å². The zero-order valence-corrected chi connectivity index (χ0v) is 23.8. The summed E-state index contributed by atoms with van der Waals surface area (Å²) in [6.45, 7) is -0.0104. The molecule has 3 atom stereocenters. The third-order valence-corrected chi connectivity index (χ3v) is 9.17. The lowest BCUT2D eigenvalue weighted by molar-refractivity contribution is -0.137. The lowest BCUT2D eigenvalue weighted by Gasteiger charge is -2.40. The van der Waals surface area contributed by atoms with Crippen LogP contribution >= 0.6 is 0 Å². The SMILES string of the molecule is CN(C)[C@H]1C[C@@H](c2cccc(C(F)(F)F)c2)CC[C@@H]1Oc1ncc(S(=O)(=O)N(OC=O)c2ccncn2)cc1C1CC1. The molecule has 1 aromatic carbocycles. The van der Waals surface area contributed by atoms with Crippen molar-refractivity contribution in [1.29, 1.82) is 0 Å². The minimum absolute atomic E-state index is 0.0104. The Morgan fingerprint density at radius 3 is 2.43 bits per heavy atom. The Balaban J connectivity index is 1.39. The molecule has 10 nitrogen and oxygen atoms in total. The number of hydrogen-bond donors (Lipinski definition) is 0. The fraction of sp³-hybridized carbons (Fsp3) is 0.429. The number of likely N-dealkylation sites (N-methyl/N-ethyl adjacent to an activating group) is 1. The number of hydrogen-bond acceptors (Lipinski definition) is 9. The minimum Gasteiger partial charge on any atom is -0.472 e. The maximum Gasteiger partial charge on any atom is 0.416 e. The summed E-state index contributed by atoms with van der Waals surface area (Å²) >= 11 is 0. The van der Waals surface area contributed by atoms with Gasteiger partial charge in [-0.2, -0.15) is 21.6 Å². The number of pyridine rings is 1. The van der Waals surface area contributed by atoms with Crippen LogP contribution in [0.4, 0.5) is 19.0 Å². The normalized spacial score (nSPS) is 21.1. The number of ether oxygens (including phenoxy) is 1. The van der Waals surface area contributed by atoms with Gasteiger partial charge < -0.3 is 14.5 Å². The summed E-state index contributed by atoms with van der Waals surface area (Å²) in [6, 6.07) is 8.13. The first-order valence-electron chi connectivity index (χ1n) is 13.4. The number of rotatable bonds is 10. The molecule has 3 aromatic rings. The van der Waals surface area contributed by atoms with Crippen molar-refractivity contribution in [3.63, 3.8) is 0 Å². The van der Waals surface area contributed by atoms with Crippen LogP contribution in [0.25, 0.3) is 0 Å². The second-order valence-electron chi connectivity index (χ2n) is 10.7. The van der Waals surface area contributed by atoms with Gasteiger partial charge in [0, 0.05) is 23.9 Å². The van der Waals surface area contributed by atoms with Crippen LogP contribution in [0.3, 0.4) is 0 Å². The van der Waals surface area contributed by atoms with Gasteiger partial charge in [0.25, 0.3) is 10.0 Å². The fourth-order valence-corrected chi connectivity index (χ4v) is 6.51. The lowest BCUT2D eigenvalue weighted by Crippen LogP contribution is -2.46. The van der Waals surface area contributed by atoms with Gasteiger partial charge in [0.1, 0.15) is 17.3 Å². The molecule has 2 saturated carbocycles. The van der Waals surface area contributed by atoms with Gasteiger partial charge in [0.15, 0.2) is 5.82 Å². The van der Waals surface area contributed by atoms with E-state index in [-0.39, 0.29) is 41.2 Å². The van der Waals surface area contributed by atoms with E-state index in [1.807, 2.05) is 19.0 Å². The molecular weight excluding hydrogens is 575 g/mol. The van der Waals surface area contributed by atoms with Crippen LogP contribution < -0.4 is 9.21 Å². The highest BCUT2D eigenvalue weighted by Crippen LogP contribution is 2.46. The first-order valence-corrected chi connectivity index (χ1v) is 14.8. The summed E-state index contributed by atoms with van der Waals surface area (Å²) in [4.78, 5) is 29.7. The summed E-state index contributed by atoms with van der Waals surface area (Å²) in [6.07, 6.45) is 2.31. The predicted octanol–water partition coefficient (Wildman–Crippen LogP) is 4.70. The molecule has 0 aliphatic heterocycles. The number of sulfonamides is 1. The number of anilines is 1. The van der Waals surface area contributed by atoms with Gasteiger partial charge in [0.05, 0.1) is 11.8 Å². The molecule has 2 aromatic heterocycles. The van der Waals surface area contributed by atoms with Crippen LogP contribution in [-0.4, -0.2) is 61.0 Å². The Hall–Kier alpha value is -3.78.